The Hall–Kier alpha value is -0.666. The van der Waals surface area contributed by atoms with Gasteiger partial charge in [-0.25, -0.2) is 0 Å². The van der Waals surface area contributed by atoms with Crippen LogP contribution in [0, 0.1) is 0 Å². The van der Waals surface area contributed by atoms with Gasteiger partial charge in [-0.2, -0.15) is 0 Å². The molecule has 0 bridgehead atoms. The summed E-state index contributed by atoms with van der Waals surface area (Å²) in [7, 11) is -3.49. The number of hydrogen-bond donors (Lipinski definition) is 1. The molecule has 0 aromatic heterocycles. The Morgan fingerprint density at radius 2 is 1.30 bits per heavy atom. The lowest BCUT2D eigenvalue weighted by Crippen LogP contribution is -2.46. The van der Waals surface area contributed by atoms with Gasteiger partial charge in [-0.3, -0.25) is 9.59 Å². The average Bonchev–Trinajstić information content (AvgIpc) is 2.36. The molecule has 0 radical (unpaired) electrons. The highest BCUT2D eigenvalue weighted by atomic mass is 28.4. The van der Waals surface area contributed by atoms with Crippen molar-refractivity contribution in [3.63, 3.8) is 0 Å². The van der Waals surface area contributed by atoms with Crippen molar-refractivity contribution in [2.75, 3.05) is 6.23 Å². The second-order valence-electron chi connectivity index (χ2n) is 7.65. The van der Waals surface area contributed by atoms with Crippen molar-refractivity contribution in [2.45, 2.75) is 84.1 Å². The minimum Gasteiger partial charge on any atom is -0.481 e. The molecule has 23 heavy (non-hydrogen) atoms. The van der Waals surface area contributed by atoms with Crippen LogP contribution in [0.2, 0.25) is 32.7 Å². The van der Waals surface area contributed by atoms with E-state index in [2.05, 4.69) is 32.7 Å². The first kappa shape index (κ1) is 22.3. The van der Waals surface area contributed by atoms with Gasteiger partial charge in [0.15, 0.2) is 8.32 Å². The van der Waals surface area contributed by atoms with Gasteiger partial charge in [0.05, 0.1) is 0 Å². The maximum Gasteiger partial charge on any atom is 0.305 e. The zero-order valence-corrected chi connectivity index (χ0v) is 17.4. The third-order valence-corrected chi connectivity index (χ3v) is 8.68. The Morgan fingerprint density at radius 3 is 1.78 bits per heavy atom. The summed E-state index contributed by atoms with van der Waals surface area (Å²) in [5.74, 6) is -0.854. The van der Waals surface area contributed by atoms with E-state index in [1.807, 2.05) is 0 Å². The number of carboxylic acid groups (broad SMARTS) is 1. The zero-order valence-electron chi connectivity index (χ0n) is 15.4. The van der Waals surface area contributed by atoms with Gasteiger partial charge < -0.3 is 14.0 Å². The Balaban J connectivity index is 3.63. The number of esters is 1. The topological polar surface area (TPSA) is 72.8 Å². The van der Waals surface area contributed by atoms with Crippen LogP contribution in [-0.2, 0) is 18.4 Å². The lowest BCUT2D eigenvalue weighted by atomic mass is 10.1. The lowest BCUT2D eigenvalue weighted by molar-refractivity contribution is -0.142. The molecule has 0 atom stereocenters. The summed E-state index contributed by atoms with van der Waals surface area (Å²) in [6.45, 7) is 10.6. The number of aliphatic carboxylic acids is 1. The number of carboxylic acids is 1. The summed E-state index contributed by atoms with van der Waals surface area (Å²) in [5, 5.41) is 8.53. The van der Waals surface area contributed by atoms with Gasteiger partial charge in [-0.05, 0) is 45.6 Å². The van der Waals surface area contributed by atoms with Crippen LogP contribution in [0.15, 0.2) is 0 Å². The summed E-state index contributed by atoms with van der Waals surface area (Å²) < 4.78 is 11.5. The first-order valence-corrected chi connectivity index (χ1v) is 15.1. The molecule has 7 heteroatoms. The molecule has 0 aliphatic rings. The summed E-state index contributed by atoms with van der Waals surface area (Å²) in [5.41, 5.74) is 0. The highest BCUT2D eigenvalue weighted by Gasteiger charge is 2.31. The SMILES string of the molecule is C[Si](C)(C)O[Si](C)(C)COC(=O)CCCCCCCCC(=O)O. The number of carbonyl (C=O) groups excluding carboxylic acids is 1. The van der Waals surface area contributed by atoms with E-state index < -0.39 is 22.6 Å². The molecule has 5 nitrogen and oxygen atoms in total. The van der Waals surface area contributed by atoms with E-state index >= 15 is 0 Å². The van der Waals surface area contributed by atoms with Gasteiger partial charge in [0, 0.05) is 12.8 Å². The van der Waals surface area contributed by atoms with Crippen molar-refractivity contribution in [1.82, 2.24) is 0 Å². The first-order valence-electron chi connectivity index (χ1n) is 8.59. The van der Waals surface area contributed by atoms with E-state index in [9.17, 15) is 9.59 Å². The van der Waals surface area contributed by atoms with Crippen LogP contribution in [-0.4, -0.2) is 39.9 Å². The van der Waals surface area contributed by atoms with Gasteiger partial charge in [-0.1, -0.05) is 25.7 Å². The van der Waals surface area contributed by atoms with Crippen LogP contribution in [0.5, 0.6) is 0 Å². The number of rotatable bonds is 13. The Bertz CT molecular complexity index is 364. The monoisotopic (exact) mass is 362 g/mol. The van der Waals surface area contributed by atoms with E-state index in [1.54, 1.807) is 0 Å². The number of hydrogen-bond acceptors (Lipinski definition) is 4. The molecule has 0 aromatic rings. The predicted molar refractivity (Wildman–Crippen MR) is 97.4 cm³/mol. The maximum atomic E-state index is 11.8. The largest absolute Gasteiger partial charge is 0.481 e. The summed E-state index contributed by atoms with van der Waals surface area (Å²) >= 11 is 0. The second kappa shape index (κ2) is 11.0. The Labute approximate surface area is 143 Å². The van der Waals surface area contributed by atoms with Gasteiger partial charge in [0.25, 0.3) is 0 Å². The average molecular weight is 363 g/mol. The number of ether oxygens (including phenoxy) is 1. The third kappa shape index (κ3) is 16.0. The van der Waals surface area contributed by atoms with Crippen LogP contribution in [0.25, 0.3) is 0 Å². The van der Waals surface area contributed by atoms with Crippen molar-refractivity contribution in [3.05, 3.63) is 0 Å². The highest BCUT2D eigenvalue weighted by Crippen LogP contribution is 2.15. The van der Waals surface area contributed by atoms with E-state index in [0.29, 0.717) is 12.7 Å². The van der Waals surface area contributed by atoms with Crippen molar-refractivity contribution in [2.24, 2.45) is 0 Å². The van der Waals surface area contributed by atoms with Crippen molar-refractivity contribution in [1.29, 1.82) is 0 Å². The number of unbranched alkanes of at least 4 members (excludes halogenated alkanes) is 5. The first-order chi connectivity index (χ1) is 10.5. The molecule has 136 valence electrons. The van der Waals surface area contributed by atoms with E-state index in [-0.39, 0.29) is 12.4 Å². The van der Waals surface area contributed by atoms with Crippen molar-refractivity contribution < 1.29 is 23.5 Å². The molecule has 0 saturated heterocycles. The Kier molecular flexibility index (Phi) is 10.7. The fourth-order valence-corrected chi connectivity index (χ4v) is 9.81. The molecule has 0 aliphatic carbocycles. The smallest absolute Gasteiger partial charge is 0.305 e. The van der Waals surface area contributed by atoms with Crippen molar-refractivity contribution >= 4 is 28.6 Å². The normalized spacial score (nSPS) is 12.2. The standard InChI is InChI=1S/C16H34O5Si2/c1-22(2,3)21-23(4,5)14-20-16(19)13-11-9-7-6-8-10-12-15(17)18/h6-14H2,1-5H3,(H,17,18). The molecule has 0 spiro atoms. The molecule has 0 rings (SSSR count). The summed E-state index contributed by atoms with van der Waals surface area (Å²) in [6, 6.07) is 0. The summed E-state index contributed by atoms with van der Waals surface area (Å²) in [6.07, 6.45) is 6.77. The van der Waals surface area contributed by atoms with Crippen LogP contribution >= 0.6 is 0 Å². The van der Waals surface area contributed by atoms with E-state index in [1.165, 1.54) is 0 Å². The van der Waals surface area contributed by atoms with Crippen molar-refractivity contribution in [3.8, 4) is 0 Å². The van der Waals surface area contributed by atoms with Gasteiger partial charge >= 0.3 is 11.9 Å². The van der Waals surface area contributed by atoms with E-state index in [4.69, 9.17) is 14.0 Å². The third-order valence-electron chi connectivity index (χ3n) is 3.18. The van der Waals surface area contributed by atoms with E-state index in [0.717, 1.165) is 38.5 Å². The predicted octanol–water partition coefficient (Wildman–Crippen LogP) is 4.33. The molecule has 1 N–H and O–H groups in total. The van der Waals surface area contributed by atoms with Crippen LogP contribution < -0.4 is 0 Å². The summed E-state index contributed by atoms with van der Waals surface area (Å²) in [4.78, 5) is 22.1. The molecule has 0 amide bonds. The fraction of sp³-hybridized carbons (Fsp3) is 0.875. The molecule has 0 aromatic carbocycles. The maximum absolute atomic E-state index is 11.8. The quantitative estimate of drug-likeness (QED) is 0.300. The molecule has 0 heterocycles. The van der Waals surface area contributed by atoms with Gasteiger partial charge in [0.2, 0.25) is 8.32 Å². The zero-order chi connectivity index (χ0) is 17.9. The minimum atomic E-state index is -1.91. The van der Waals surface area contributed by atoms with Crippen LogP contribution in [0.1, 0.15) is 51.4 Å². The lowest BCUT2D eigenvalue weighted by Gasteiger charge is -2.30. The minimum absolute atomic E-state index is 0.129. The fourth-order valence-electron chi connectivity index (χ4n) is 2.44. The van der Waals surface area contributed by atoms with Gasteiger partial charge in [-0.15, -0.1) is 0 Å². The Morgan fingerprint density at radius 1 is 0.826 bits per heavy atom. The van der Waals surface area contributed by atoms with Crippen LogP contribution in [0.4, 0.5) is 0 Å². The number of carbonyl (C=O) groups is 2. The highest BCUT2D eigenvalue weighted by molar-refractivity contribution is 6.84. The molecule has 0 aliphatic heterocycles. The molecular weight excluding hydrogens is 328 g/mol. The van der Waals surface area contributed by atoms with Crippen LogP contribution in [0.3, 0.4) is 0 Å². The molecule has 0 saturated carbocycles. The molecule has 0 fully saturated rings. The second-order valence-corrected chi connectivity index (χ2v) is 16.5. The molecular formula is C16H34O5Si2. The van der Waals surface area contributed by atoms with Gasteiger partial charge in [0.1, 0.15) is 6.23 Å². The molecule has 0 unspecified atom stereocenters.